The maximum atomic E-state index is 4.48. The van der Waals surface area contributed by atoms with Crippen molar-refractivity contribution in [1.82, 2.24) is 10.3 Å². The molecule has 0 saturated carbocycles. The van der Waals surface area contributed by atoms with E-state index < -0.39 is 0 Å². The molecule has 0 bridgehead atoms. The Morgan fingerprint density at radius 2 is 1.71 bits per heavy atom. The number of aromatic nitrogens is 1. The van der Waals surface area contributed by atoms with Gasteiger partial charge in [-0.15, -0.1) is 0 Å². The van der Waals surface area contributed by atoms with Crippen LogP contribution in [0.4, 0.5) is 0 Å². The van der Waals surface area contributed by atoms with Crippen molar-refractivity contribution in [2.45, 2.75) is 0 Å². The van der Waals surface area contributed by atoms with E-state index in [2.05, 4.69) is 39.6 Å². The third-order valence-corrected chi connectivity index (χ3v) is 2.90. The molecule has 0 unspecified atom stereocenters. The van der Waals surface area contributed by atoms with E-state index in [0.29, 0.717) is 0 Å². The molecular formula is C14H13N3. The Morgan fingerprint density at radius 1 is 0.941 bits per heavy atom. The molecule has 3 nitrogen and oxygen atoms in total. The molecule has 1 aromatic carbocycles. The van der Waals surface area contributed by atoms with Gasteiger partial charge in [-0.1, -0.05) is 24.3 Å². The second kappa shape index (κ2) is 4.47. The third kappa shape index (κ3) is 1.97. The van der Waals surface area contributed by atoms with Gasteiger partial charge in [-0.05, 0) is 23.3 Å². The molecule has 84 valence electrons. The van der Waals surface area contributed by atoms with Gasteiger partial charge in [0, 0.05) is 24.5 Å². The normalized spacial score (nSPS) is 14.7. The summed E-state index contributed by atoms with van der Waals surface area (Å²) < 4.78 is 0. The number of hydrogen-bond donors (Lipinski definition) is 1. The topological polar surface area (TPSA) is 37.3 Å². The minimum Gasteiger partial charge on any atom is -0.293 e. The summed E-state index contributed by atoms with van der Waals surface area (Å²) >= 11 is 0. The van der Waals surface area contributed by atoms with Crippen molar-refractivity contribution in [2.75, 3.05) is 13.2 Å². The van der Waals surface area contributed by atoms with E-state index in [0.717, 1.165) is 18.9 Å². The summed E-state index contributed by atoms with van der Waals surface area (Å²) in [6, 6.07) is 12.4. The minimum absolute atomic E-state index is 0.722. The average molecular weight is 223 g/mol. The van der Waals surface area contributed by atoms with Crippen LogP contribution in [0.1, 0.15) is 5.56 Å². The molecule has 0 fully saturated rings. The van der Waals surface area contributed by atoms with Gasteiger partial charge >= 0.3 is 0 Å². The molecule has 0 aliphatic carbocycles. The fraction of sp³-hybridized carbons (Fsp3) is 0.143. The average Bonchev–Trinajstić information content (AvgIpc) is 2.94. The maximum absolute atomic E-state index is 4.48. The van der Waals surface area contributed by atoms with Gasteiger partial charge in [-0.3, -0.25) is 15.3 Å². The van der Waals surface area contributed by atoms with Gasteiger partial charge in [0.1, 0.15) is 0 Å². The molecule has 1 N–H and O–H groups in total. The smallest absolute Gasteiger partial charge is 0.0891 e. The third-order valence-electron chi connectivity index (χ3n) is 2.90. The summed E-state index contributed by atoms with van der Waals surface area (Å²) in [7, 11) is 0. The molecule has 2 aromatic rings. The highest BCUT2D eigenvalue weighted by Gasteiger charge is 2.12. The van der Waals surface area contributed by atoms with Crippen LogP contribution in [0.5, 0.6) is 0 Å². The zero-order valence-corrected chi connectivity index (χ0v) is 9.43. The van der Waals surface area contributed by atoms with Crippen molar-refractivity contribution >= 4 is 5.71 Å². The molecule has 3 rings (SSSR count). The van der Waals surface area contributed by atoms with Crippen molar-refractivity contribution in [3.05, 3.63) is 54.4 Å². The molecule has 2 heterocycles. The van der Waals surface area contributed by atoms with Gasteiger partial charge < -0.3 is 0 Å². The first kappa shape index (κ1) is 10.2. The fourth-order valence-electron chi connectivity index (χ4n) is 2.08. The van der Waals surface area contributed by atoms with Crippen LogP contribution < -0.4 is 5.32 Å². The van der Waals surface area contributed by atoms with Gasteiger partial charge in [0.25, 0.3) is 0 Å². The number of benzene rings is 1. The fourth-order valence-corrected chi connectivity index (χ4v) is 2.08. The van der Waals surface area contributed by atoms with Gasteiger partial charge in [-0.2, -0.15) is 0 Å². The second-order valence-corrected chi connectivity index (χ2v) is 3.97. The largest absolute Gasteiger partial charge is 0.293 e. The molecule has 0 amide bonds. The summed E-state index contributed by atoms with van der Waals surface area (Å²) in [6.45, 7) is 1.57. The van der Waals surface area contributed by atoms with Crippen LogP contribution in [-0.2, 0) is 0 Å². The van der Waals surface area contributed by atoms with Crippen molar-refractivity contribution in [1.29, 1.82) is 0 Å². The molecule has 1 aliphatic heterocycles. The van der Waals surface area contributed by atoms with Crippen LogP contribution in [0, 0.1) is 0 Å². The van der Waals surface area contributed by atoms with E-state index >= 15 is 0 Å². The van der Waals surface area contributed by atoms with Crippen molar-refractivity contribution in [3.63, 3.8) is 0 Å². The van der Waals surface area contributed by atoms with E-state index in [1.165, 1.54) is 16.7 Å². The van der Waals surface area contributed by atoms with E-state index in [-0.39, 0.29) is 0 Å². The lowest BCUT2D eigenvalue weighted by atomic mass is 9.97. The van der Waals surface area contributed by atoms with Gasteiger partial charge in [0.05, 0.1) is 12.4 Å². The van der Waals surface area contributed by atoms with Crippen LogP contribution in [0.15, 0.2) is 53.8 Å². The number of nitrogens with zero attached hydrogens (tertiary/aromatic N) is 2. The van der Waals surface area contributed by atoms with Crippen LogP contribution >= 0.6 is 0 Å². The Morgan fingerprint density at radius 3 is 2.41 bits per heavy atom. The summed E-state index contributed by atoms with van der Waals surface area (Å²) in [5, 5.41) is 3.23. The summed E-state index contributed by atoms with van der Waals surface area (Å²) in [4.78, 5) is 8.54. The van der Waals surface area contributed by atoms with Crippen molar-refractivity contribution < 1.29 is 0 Å². The first-order valence-electron chi connectivity index (χ1n) is 5.69. The number of aliphatic imine (C=N–C) groups is 1. The monoisotopic (exact) mass is 223 g/mol. The molecule has 0 saturated heterocycles. The lowest BCUT2D eigenvalue weighted by Crippen LogP contribution is -2.14. The number of rotatable bonds is 2. The van der Waals surface area contributed by atoms with E-state index in [4.69, 9.17) is 0 Å². The first-order valence-corrected chi connectivity index (χ1v) is 5.69. The van der Waals surface area contributed by atoms with Crippen LogP contribution in [0.3, 0.4) is 0 Å². The number of nitrogens with one attached hydrogen (secondary N) is 1. The molecular weight excluding hydrogens is 210 g/mol. The summed E-state index contributed by atoms with van der Waals surface area (Å²) in [5.74, 6) is 0. The van der Waals surface area contributed by atoms with E-state index in [9.17, 15) is 0 Å². The Hall–Kier alpha value is -2.00. The maximum Gasteiger partial charge on any atom is 0.0891 e. The minimum atomic E-state index is 0.722. The van der Waals surface area contributed by atoms with E-state index in [1.54, 1.807) is 0 Å². The molecule has 0 radical (unpaired) electrons. The Labute approximate surface area is 100 Å². The highest BCUT2D eigenvalue weighted by atomic mass is 15.1. The highest BCUT2D eigenvalue weighted by molar-refractivity contribution is 6.07. The highest BCUT2D eigenvalue weighted by Crippen LogP contribution is 2.23. The molecule has 0 atom stereocenters. The van der Waals surface area contributed by atoms with Gasteiger partial charge in [0.15, 0.2) is 0 Å². The first-order chi connectivity index (χ1) is 8.45. The molecule has 17 heavy (non-hydrogen) atoms. The lowest BCUT2D eigenvalue weighted by molar-refractivity contribution is 0.850. The molecule has 1 aliphatic rings. The standard InChI is InChI=1S/C14H13N3/c1-2-4-13(14-9-16-10-17-14)12(3-1)11-5-7-15-8-6-11/h1-8,16H,9-10H2. The van der Waals surface area contributed by atoms with Crippen molar-refractivity contribution in [3.8, 4) is 11.1 Å². The number of pyridine rings is 1. The van der Waals surface area contributed by atoms with Crippen LogP contribution in [-0.4, -0.2) is 23.9 Å². The van der Waals surface area contributed by atoms with Crippen LogP contribution in [0.25, 0.3) is 11.1 Å². The van der Waals surface area contributed by atoms with Gasteiger partial charge in [-0.25, -0.2) is 0 Å². The lowest BCUT2D eigenvalue weighted by Gasteiger charge is -2.08. The van der Waals surface area contributed by atoms with Gasteiger partial charge in [0.2, 0.25) is 0 Å². The number of hydrogen-bond acceptors (Lipinski definition) is 3. The summed E-state index contributed by atoms with van der Waals surface area (Å²) in [6.07, 6.45) is 3.64. The molecule has 0 spiro atoms. The second-order valence-electron chi connectivity index (χ2n) is 3.97. The molecule has 3 heteroatoms. The Kier molecular flexibility index (Phi) is 2.68. The SMILES string of the molecule is c1ccc(-c2ccncc2)c(C2=NCNC2)c1. The zero-order chi connectivity index (χ0) is 11.5. The predicted octanol–water partition coefficient (Wildman–Crippen LogP) is 2.10. The van der Waals surface area contributed by atoms with Crippen LogP contribution in [0.2, 0.25) is 0 Å². The summed E-state index contributed by atoms with van der Waals surface area (Å²) in [5.41, 5.74) is 4.75. The molecule has 1 aromatic heterocycles. The Balaban J connectivity index is 2.11. The quantitative estimate of drug-likeness (QED) is 0.846. The predicted molar refractivity (Wildman–Crippen MR) is 69.1 cm³/mol. The zero-order valence-electron chi connectivity index (χ0n) is 9.43. The van der Waals surface area contributed by atoms with Crippen molar-refractivity contribution in [2.24, 2.45) is 4.99 Å². The Bertz CT molecular complexity index is 546. The van der Waals surface area contributed by atoms with E-state index in [1.807, 2.05) is 24.5 Å².